The second kappa shape index (κ2) is 8.33. The summed E-state index contributed by atoms with van der Waals surface area (Å²) < 4.78 is 5.11. The molecular formula is C15H23N3O4. The Labute approximate surface area is 130 Å². The van der Waals surface area contributed by atoms with E-state index in [0.717, 1.165) is 5.56 Å². The monoisotopic (exact) mass is 309 g/mol. The van der Waals surface area contributed by atoms with E-state index in [-0.39, 0.29) is 5.69 Å². The first-order valence-electron chi connectivity index (χ1n) is 7.19. The average Bonchev–Trinajstić information content (AvgIpc) is 2.41. The van der Waals surface area contributed by atoms with E-state index in [1.807, 2.05) is 26.8 Å². The number of nitrogens with one attached hydrogen (secondary N) is 2. The van der Waals surface area contributed by atoms with E-state index in [0.29, 0.717) is 26.1 Å². The summed E-state index contributed by atoms with van der Waals surface area (Å²) in [6.45, 7) is 7.17. The number of ether oxygens (including phenoxy) is 1. The van der Waals surface area contributed by atoms with Gasteiger partial charge >= 0.3 is 6.09 Å². The quantitative estimate of drug-likeness (QED) is 0.458. The zero-order valence-electron chi connectivity index (χ0n) is 13.2. The largest absolute Gasteiger partial charge is 0.444 e. The maximum absolute atomic E-state index is 11.4. The minimum absolute atomic E-state index is 0.101. The molecule has 1 rings (SSSR count). The predicted molar refractivity (Wildman–Crippen MR) is 83.9 cm³/mol. The Morgan fingerprint density at radius 3 is 2.64 bits per heavy atom. The molecular weight excluding hydrogens is 286 g/mol. The van der Waals surface area contributed by atoms with Gasteiger partial charge in [-0.2, -0.15) is 0 Å². The van der Waals surface area contributed by atoms with Crippen molar-refractivity contribution in [2.75, 3.05) is 19.6 Å². The van der Waals surface area contributed by atoms with E-state index in [9.17, 15) is 14.9 Å². The van der Waals surface area contributed by atoms with E-state index in [4.69, 9.17) is 4.74 Å². The van der Waals surface area contributed by atoms with Crippen molar-refractivity contribution in [1.82, 2.24) is 10.6 Å². The SMILES string of the molecule is CC(C)(C)OC(=O)NCCNCCc1cccc([N+](=O)[O-])c1. The summed E-state index contributed by atoms with van der Waals surface area (Å²) in [5.41, 5.74) is 0.505. The molecule has 0 saturated carbocycles. The predicted octanol–water partition coefficient (Wildman–Crippen LogP) is 2.25. The van der Waals surface area contributed by atoms with Crippen LogP contribution in [0.25, 0.3) is 0 Å². The lowest BCUT2D eigenvalue weighted by Crippen LogP contribution is -2.36. The number of benzene rings is 1. The van der Waals surface area contributed by atoms with Crippen LogP contribution in [0, 0.1) is 10.1 Å². The summed E-state index contributed by atoms with van der Waals surface area (Å²) in [7, 11) is 0. The molecule has 0 radical (unpaired) electrons. The van der Waals surface area contributed by atoms with E-state index in [2.05, 4.69) is 10.6 Å². The Kier molecular flexibility index (Phi) is 6.78. The standard InChI is InChI=1S/C15H23N3O4/c1-15(2,3)22-14(19)17-10-9-16-8-7-12-5-4-6-13(11-12)18(20)21/h4-6,11,16H,7-10H2,1-3H3,(H,17,19). The van der Waals surface area contributed by atoms with Crippen molar-refractivity contribution in [3.05, 3.63) is 39.9 Å². The van der Waals surface area contributed by atoms with Crippen molar-refractivity contribution < 1.29 is 14.5 Å². The molecule has 0 aliphatic carbocycles. The lowest BCUT2D eigenvalue weighted by Gasteiger charge is -2.19. The number of non-ortho nitro benzene ring substituents is 1. The Morgan fingerprint density at radius 2 is 2.00 bits per heavy atom. The van der Waals surface area contributed by atoms with Gasteiger partial charge in [-0.3, -0.25) is 10.1 Å². The third-order valence-corrected chi connectivity index (χ3v) is 2.68. The molecule has 0 aromatic heterocycles. The van der Waals surface area contributed by atoms with Crippen LogP contribution in [0.15, 0.2) is 24.3 Å². The smallest absolute Gasteiger partial charge is 0.407 e. The third kappa shape index (κ3) is 7.58. The van der Waals surface area contributed by atoms with Crippen molar-refractivity contribution >= 4 is 11.8 Å². The molecule has 1 aromatic carbocycles. The number of amides is 1. The number of alkyl carbamates (subject to hydrolysis) is 1. The molecule has 0 aliphatic rings. The first-order chi connectivity index (χ1) is 10.3. The van der Waals surface area contributed by atoms with Gasteiger partial charge in [-0.15, -0.1) is 0 Å². The number of nitro benzene ring substituents is 1. The maximum Gasteiger partial charge on any atom is 0.407 e. The normalized spacial score (nSPS) is 11.0. The zero-order chi connectivity index (χ0) is 16.6. The van der Waals surface area contributed by atoms with Crippen molar-refractivity contribution in [3.63, 3.8) is 0 Å². The zero-order valence-corrected chi connectivity index (χ0v) is 13.2. The van der Waals surface area contributed by atoms with Gasteiger partial charge in [-0.1, -0.05) is 12.1 Å². The summed E-state index contributed by atoms with van der Waals surface area (Å²) in [6, 6.07) is 6.58. The molecule has 0 spiro atoms. The van der Waals surface area contributed by atoms with Crippen LogP contribution < -0.4 is 10.6 Å². The number of carbonyl (C=O) groups excluding carboxylic acids is 1. The van der Waals surface area contributed by atoms with E-state index >= 15 is 0 Å². The molecule has 0 atom stereocenters. The Bertz CT molecular complexity index is 512. The van der Waals surface area contributed by atoms with Gasteiger partial charge < -0.3 is 15.4 Å². The highest BCUT2D eigenvalue weighted by atomic mass is 16.6. The summed E-state index contributed by atoms with van der Waals surface area (Å²) in [5.74, 6) is 0. The van der Waals surface area contributed by atoms with Crippen LogP contribution in [0.3, 0.4) is 0 Å². The van der Waals surface area contributed by atoms with Gasteiger partial charge in [-0.25, -0.2) is 4.79 Å². The van der Waals surface area contributed by atoms with Crippen molar-refractivity contribution in [2.45, 2.75) is 32.8 Å². The van der Waals surface area contributed by atoms with Gasteiger partial charge in [0, 0.05) is 25.2 Å². The molecule has 1 aromatic rings. The van der Waals surface area contributed by atoms with Crippen LogP contribution in [0.1, 0.15) is 26.3 Å². The van der Waals surface area contributed by atoms with Gasteiger partial charge in [0.1, 0.15) is 5.60 Å². The molecule has 0 aliphatic heterocycles. The first kappa shape index (κ1) is 17.9. The van der Waals surface area contributed by atoms with Crippen LogP contribution in [0.2, 0.25) is 0 Å². The number of hydrogen-bond donors (Lipinski definition) is 2. The topological polar surface area (TPSA) is 93.5 Å². The highest BCUT2D eigenvalue weighted by Crippen LogP contribution is 2.13. The number of rotatable bonds is 7. The van der Waals surface area contributed by atoms with Crippen LogP contribution in [0.4, 0.5) is 10.5 Å². The molecule has 0 heterocycles. The van der Waals surface area contributed by atoms with Gasteiger partial charge in [0.05, 0.1) is 4.92 Å². The highest BCUT2D eigenvalue weighted by Gasteiger charge is 2.15. The summed E-state index contributed by atoms with van der Waals surface area (Å²) >= 11 is 0. The molecule has 2 N–H and O–H groups in total. The lowest BCUT2D eigenvalue weighted by molar-refractivity contribution is -0.384. The van der Waals surface area contributed by atoms with Crippen molar-refractivity contribution in [3.8, 4) is 0 Å². The molecule has 0 unspecified atom stereocenters. The third-order valence-electron chi connectivity index (χ3n) is 2.68. The molecule has 7 nitrogen and oxygen atoms in total. The molecule has 22 heavy (non-hydrogen) atoms. The molecule has 122 valence electrons. The molecule has 7 heteroatoms. The number of nitro groups is 1. The minimum Gasteiger partial charge on any atom is -0.444 e. The van der Waals surface area contributed by atoms with Crippen LogP contribution in [0.5, 0.6) is 0 Å². The van der Waals surface area contributed by atoms with Crippen LogP contribution in [-0.4, -0.2) is 36.3 Å². The van der Waals surface area contributed by atoms with Crippen molar-refractivity contribution in [1.29, 1.82) is 0 Å². The van der Waals surface area contributed by atoms with Gasteiger partial charge in [0.2, 0.25) is 0 Å². The number of carbonyl (C=O) groups is 1. The van der Waals surface area contributed by atoms with E-state index in [1.165, 1.54) is 6.07 Å². The Hall–Kier alpha value is -2.15. The summed E-state index contributed by atoms with van der Waals surface area (Å²) in [6.07, 6.45) is 0.252. The van der Waals surface area contributed by atoms with Gasteiger partial charge in [0.15, 0.2) is 0 Å². The fraction of sp³-hybridized carbons (Fsp3) is 0.533. The minimum atomic E-state index is -0.500. The van der Waals surface area contributed by atoms with Crippen molar-refractivity contribution in [2.24, 2.45) is 0 Å². The second-order valence-electron chi connectivity index (χ2n) is 5.86. The maximum atomic E-state index is 11.4. The van der Waals surface area contributed by atoms with E-state index < -0.39 is 16.6 Å². The molecule has 1 amide bonds. The molecule has 0 bridgehead atoms. The van der Waals surface area contributed by atoms with E-state index in [1.54, 1.807) is 12.1 Å². The number of hydrogen-bond acceptors (Lipinski definition) is 5. The average molecular weight is 309 g/mol. The van der Waals surface area contributed by atoms with Gasteiger partial charge in [-0.05, 0) is 39.3 Å². The lowest BCUT2D eigenvalue weighted by atomic mass is 10.1. The summed E-state index contributed by atoms with van der Waals surface area (Å²) in [5, 5.41) is 16.5. The fourth-order valence-corrected chi connectivity index (χ4v) is 1.75. The van der Waals surface area contributed by atoms with Crippen LogP contribution in [-0.2, 0) is 11.2 Å². The molecule has 0 saturated heterocycles. The highest BCUT2D eigenvalue weighted by molar-refractivity contribution is 5.67. The molecule has 0 fully saturated rings. The Morgan fingerprint density at radius 1 is 1.27 bits per heavy atom. The Balaban J connectivity index is 2.17. The fourth-order valence-electron chi connectivity index (χ4n) is 1.75. The number of nitrogens with zero attached hydrogens (tertiary/aromatic N) is 1. The summed E-state index contributed by atoms with van der Waals surface area (Å²) in [4.78, 5) is 21.7. The second-order valence-corrected chi connectivity index (χ2v) is 5.86. The van der Waals surface area contributed by atoms with Gasteiger partial charge in [0.25, 0.3) is 5.69 Å². The van der Waals surface area contributed by atoms with Crippen LogP contribution >= 0.6 is 0 Å². The first-order valence-corrected chi connectivity index (χ1v) is 7.19.